The normalized spacial score (nSPS) is 15.1. The number of aryl methyl sites for hydroxylation is 1. The van der Waals surface area contributed by atoms with Crippen LogP contribution >= 0.6 is 0 Å². The SMILES string of the molecule is COc1cc(N2CC=Cc3ccccc32)ccc1C(=O)N1CCN(C(=O)c2cccc(C)n2)CC1. The lowest BCUT2D eigenvalue weighted by Crippen LogP contribution is -2.50. The van der Waals surface area contributed by atoms with Crippen LogP contribution in [-0.2, 0) is 0 Å². The first kappa shape index (κ1) is 22.7. The van der Waals surface area contributed by atoms with E-state index in [1.54, 1.807) is 23.0 Å². The molecule has 0 spiro atoms. The number of anilines is 2. The van der Waals surface area contributed by atoms with Crippen LogP contribution in [0.4, 0.5) is 11.4 Å². The summed E-state index contributed by atoms with van der Waals surface area (Å²) in [5.41, 5.74) is 5.03. The van der Waals surface area contributed by atoms with Crippen LogP contribution in [0.1, 0.15) is 32.1 Å². The first-order chi connectivity index (χ1) is 17.0. The van der Waals surface area contributed by atoms with Gasteiger partial charge in [-0.25, -0.2) is 4.98 Å². The van der Waals surface area contributed by atoms with Gasteiger partial charge < -0.3 is 19.4 Å². The van der Waals surface area contributed by atoms with Gasteiger partial charge in [-0.3, -0.25) is 9.59 Å². The molecule has 0 bridgehead atoms. The van der Waals surface area contributed by atoms with Gasteiger partial charge in [-0.1, -0.05) is 36.4 Å². The largest absolute Gasteiger partial charge is 0.496 e. The number of benzene rings is 2. The van der Waals surface area contributed by atoms with E-state index in [0.717, 1.165) is 29.2 Å². The number of nitrogens with zero attached hydrogens (tertiary/aromatic N) is 4. The van der Waals surface area contributed by atoms with Crippen LogP contribution in [0.5, 0.6) is 5.75 Å². The summed E-state index contributed by atoms with van der Waals surface area (Å²) in [5, 5.41) is 0. The molecule has 0 unspecified atom stereocenters. The summed E-state index contributed by atoms with van der Waals surface area (Å²) in [4.78, 5) is 36.2. The van der Waals surface area contributed by atoms with E-state index in [0.29, 0.717) is 43.2 Å². The molecule has 3 aromatic rings. The number of hydrogen-bond acceptors (Lipinski definition) is 5. The van der Waals surface area contributed by atoms with Gasteiger partial charge in [0.05, 0.1) is 12.7 Å². The van der Waals surface area contributed by atoms with Crippen molar-refractivity contribution in [2.45, 2.75) is 6.92 Å². The molecule has 5 rings (SSSR count). The van der Waals surface area contributed by atoms with Crippen molar-refractivity contribution in [1.29, 1.82) is 0 Å². The number of carbonyl (C=O) groups excluding carboxylic acids is 2. The van der Waals surface area contributed by atoms with Gasteiger partial charge in [-0.05, 0) is 42.8 Å². The van der Waals surface area contributed by atoms with E-state index in [4.69, 9.17) is 4.74 Å². The molecule has 0 aliphatic carbocycles. The Bertz CT molecular complexity index is 1290. The summed E-state index contributed by atoms with van der Waals surface area (Å²) in [7, 11) is 1.59. The highest BCUT2D eigenvalue weighted by atomic mass is 16.5. The van der Waals surface area contributed by atoms with Gasteiger partial charge >= 0.3 is 0 Å². The van der Waals surface area contributed by atoms with Crippen molar-refractivity contribution >= 4 is 29.3 Å². The molecule has 0 atom stereocenters. The van der Waals surface area contributed by atoms with Crippen molar-refractivity contribution < 1.29 is 14.3 Å². The third kappa shape index (κ3) is 4.49. The Morgan fingerprint density at radius 2 is 1.63 bits per heavy atom. The molecule has 1 fully saturated rings. The van der Waals surface area contributed by atoms with Crippen LogP contribution in [0.15, 0.2) is 66.7 Å². The van der Waals surface area contributed by atoms with Gasteiger partial charge in [0.15, 0.2) is 0 Å². The van der Waals surface area contributed by atoms with Crippen LogP contribution in [-0.4, -0.2) is 66.4 Å². The summed E-state index contributed by atoms with van der Waals surface area (Å²) in [6, 6.07) is 19.4. The van der Waals surface area contributed by atoms with E-state index in [1.807, 2.05) is 49.4 Å². The van der Waals surface area contributed by atoms with Crippen molar-refractivity contribution in [3.8, 4) is 5.75 Å². The molecule has 7 nitrogen and oxygen atoms in total. The third-order valence-corrected chi connectivity index (χ3v) is 6.50. The Kier molecular flexibility index (Phi) is 6.23. The van der Waals surface area contributed by atoms with Crippen molar-refractivity contribution in [3.05, 3.63) is 89.3 Å². The maximum atomic E-state index is 13.4. The molecule has 1 saturated heterocycles. The maximum Gasteiger partial charge on any atom is 0.272 e. The highest BCUT2D eigenvalue weighted by Gasteiger charge is 2.28. The Morgan fingerprint density at radius 1 is 0.886 bits per heavy atom. The topological polar surface area (TPSA) is 66.0 Å². The standard InChI is InChI=1S/C28H28N4O3/c1-20-7-5-10-24(29-20)28(34)31-17-15-30(16-18-31)27(33)23-13-12-22(19-26(23)35-2)32-14-6-9-21-8-3-4-11-25(21)32/h3-13,19H,14-18H2,1-2H3. The fourth-order valence-corrected chi connectivity index (χ4v) is 4.63. The third-order valence-electron chi connectivity index (χ3n) is 6.50. The molecule has 3 heterocycles. The highest BCUT2D eigenvalue weighted by Crippen LogP contribution is 2.35. The van der Waals surface area contributed by atoms with Crippen LogP contribution in [0, 0.1) is 6.92 Å². The van der Waals surface area contributed by atoms with Crippen LogP contribution < -0.4 is 9.64 Å². The lowest BCUT2D eigenvalue weighted by atomic mass is 10.1. The number of methoxy groups -OCH3 is 1. The predicted molar refractivity (Wildman–Crippen MR) is 136 cm³/mol. The Balaban J connectivity index is 1.30. The van der Waals surface area contributed by atoms with Crippen molar-refractivity contribution in [3.63, 3.8) is 0 Å². The average Bonchev–Trinajstić information content (AvgIpc) is 2.91. The van der Waals surface area contributed by atoms with Gasteiger partial charge in [0.25, 0.3) is 11.8 Å². The summed E-state index contributed by atoms with van der Waals surface area (Å²) >= 11 is 0. The molecule has 1 aromatic heterocycles. The van der Waals surface area contributed by atoms with Crippen LogP contribution in [0.25, 0.3) is 6.08 Å². The number of pyridine rings is 1. The molecule has 178 valence electrons. The maximum absolute atomic E-state index is 13.4. The fraction of sp³-hybridized carbons (Fsp3) is 0.250. The minimum atomic E-state index is -0.0985. The van der Waals surface area contributed by atoms with Crippen LogP contribution in [0.2, 0.25) is 0 Å². The lowest BCUT2D eigenvalue weighted by Gasteiger charge is -2.35. The van der Waals surface area contributed by atoms with Crippen molar-refractivity contribution in [2.24, 2.45) is 0 Å². The number of ether oxygens (including phenoxy) is 1. The van der Waals surface area contributed by atoms with Gasteiger partial charge in [-0.2, -0.15) is 0 Å². The van der Waals surface area contributed by atoms with Crippen molar-refractivity contribution in [2.75, 3.05) is 44.7 Å². The quantitative estimate of drug-likeness (QED) is 0.575. The summed E-state index contributed by atoms with van der Waals surface area (Å²) in [6.45, 7) is 4.48. The van der Waals surface area contributed by atoms with Gasteiger partial charge in [0.1, 0.15) is 11.4 Å². The first-order valence-corrected chi connectivity index (χ1v) is 11.8. The number of fused-ring (bicyclic) bond motifs is 1. The number of hydrogen-bond donors (Lipinski definition) is 0. The van der Waals surface area contributed by atoms with E-state index in [2.05, 4.69) is 34.2 Å². The Morgan fingerprint density at radius 3 is 2.37 bits per heavy atom. The molecule has 2 amide bonds. The Hall–Kier alpha value is -4.13. The average molecular weight is 469 g/mol. The molecule has 2 aliphatic rings. The Labute approximate surface area is 205 Å². The molecule has 2 aliphatic heterocycles. The zero-order chi connectivity index (χ0) is 24.4. The predicted octanol–water partition coefficient (Wildman–Crippen LogP) is 4.16. The van der Waals surface area contributed by atoms with E-state index in [-0.39, 0.29) is 11.8 Å². The number of para-hydroxylation sites is 1. The molecular formula is C28H28N4O3. The first-order valence-electron chi connectivity index (χ1n) is 11.8. The molecule has 0 N–H and O–H groups in total. The second-order valence-corrected chi connectivity index (χ2v) is 8.70. The van der Waals surface area contributed by atoms with E-state index in [1.165, 1.54) is 0 Å². The van der Waals surface area contributed by atoms with E-state index in [9.17, 15) is 9.59 Å². The molecule has 7 heteroatoms. The zero-order valence-electron chi connectivity index (χ0n) is 20.0. The molecular weight excluding hydrogens is 440 g/mol. The minimum absolute atomic E-state index is 0.0897. The zero-order valence-corrected chi connectivity index (χ0v) is 20.0. The molecule has 2 aromatic carbocycles. The summed E-state index contributed by atoms with van der Waals surface area (Å²) < 4.78 is 5.64. The number of piperazine rings is 1. The van der Waals surface area contributed by atoms with E-state index >= 15 is 0 Å². The second kappa shape index (κ2) is 9.62. The second-order valence-electron chi connectivity index (χ2n) is 8.70. The number of aromatic nitrogens is 1. The van der Waals surface area contributed by atoms with Crippen molar-refractivity contribution in [1.82, 2.24) is 14.8 Å². The van der Waals surface area contributed by atoms with Gasteiger partial charge in [0, 0.05) is 55.9 Å². The highest BCUT2D eigenvalue weighted by molar-refractivity contribution is 5.98. The summed E-state index contributed by atoms with van der Waals surface area (Å²) in [6.07, 6.45) is 4.25. The monoisotopic (exact) mass is 468 g/mol. The fourth-order valence-electron chi connectivity index (χ4n) is 4.63. The molecule has 0 radical (unpaired) electrons. The smallest absolute Gasteiger partial charge is 0.272 e. The van der Waals surface area contributed by atoms with Crippen LogP contribution in [0.3, 0.4) is 0 Å². The molecule has 0 saturated carbocycles. The van der Waals surface area contributed by atoms with Gasteiger partial charge in [-0.15, -0.1) is 0 Å². The molecule has 35 heavy (non-hydrogen) atoms. The van der Waals surface area contributed by atoms with E-state index < -0.39 is 0 Å². The summed E-state index contributed by atoms with van der Waals surface area (Å²) in [5.74, 6) is 0.355. The minimum Gasteiger partial charge on any atom is -0.496 e. The number of rotatable bonds is 4. The lowest BCUT2D eigenvalue weighted by molar-refractivity contribution is 0.0530. The number of carbonyl (C=O) groups is 2. The number of amides is 2. The van der Waals surface area contributed by atoms with Gasteiger partial charge in [0.2, 0.25) is 0 Å².